The van der Waals surface area contributed by atoms with E-state index >= 15 is 0 Å². The first-order valence-corrected chi connectivity index (χ1v) is 4.54. The number of carbonyl (C=O) groups excluding carboxylic acids is 2. The highest BCUT2D eigenvalue weighted by molar-refractivity contribution is 6.45. The van der Waals surface area contributed by atoms with Crippen LogP contribution in [0.4, 0.5) is 4.79 Å². The van der Waals surface area contributed by atoms with E-state index in [0.29, 0.717) is 19.6 Å². The van der Waals surface area contributed by atoms with Gasteiger partial charge in [0.25, 0.3) is 0 Å². The third kappa shape index (κ3) is 1.38. The van der Waals surface area contributed by atoms with Crippen LogP contribution in [0.5, 0.6) is 0 Å². The van der Waals surface area contributed by atoms with Gasteiger partial charge in [0.1, 0.15) is 6.04 Å². The molecule has 0 aliphatic carbocycles. The van der Waals surface area contributed by atoms with Crippen molar-refractivity contribution in [1.29, 1.82) is 0 Å². The lowest BCUT2D eigenvalue weighted by Crippen LogP contribution is -2.56. The Morgan fingerprint density at radius 2 is 2.21 bits per heavy atom. The van der Waals surface area contributed by atoms with Crippen molar-refractivity contribution in [3.05, 3.63) is 0 Å². The quantitative estimate of drug-likeness (QED) is 0.324. The van der Waals surface area contributed by atoms with Crippen molar-refractivity contribution < 1.29 is 19.3 Å². The fourth-order valence-corrected chi connectivity index (χ4v) is 1.78. The van der Waals surface area contributed by atoms with Gasteiger partial charge in [0.15, 0.2) is 0 Å². The van der Waals surface area contributed by atoms with Crippen LogP contribution >= 0.6 is 0 Å². The lowest BCUT2D eigenvalue weighted by Gasteiger charge is -2.34. The smallest absolute Gasteiger partial charge is 0.418 e. The van der Waals surface area contributed by atoms with Gasteiger partial charge in [-0.05, 0) is 6.82 Å². The molecule has 2 rings (SSSR count). The number of fused-ring (bicyclic) bond motifs is 1. The van der Waals surface area contributed by atoms with Crippen molar-refractivity contribution >= 4 is 19.1 Å². The number of carbonyl (C=O) groups is 2. The van der Waals surface area contributed by atoms with E-state index < -0.39 is 25.2 Å². The van der Waals surface area contributed by atoms with Crippen LogP contribution in [0.25, 0.3) is 0 Å². The minimum atomic E-state index is -0.597. The number of piperazine rings is 1. The lowest BCUT2D eigenvalue weighted by molar-refractivity contribution is -0.136. The first-order chi connectivity index (χ1) is 6.59. The minimum Gasteiger partial charge on any atom is -0.437 e. The van der Waals surface area contributed by atoms with E-state index in [-0.39, 0.29) is 0 Å². The zero-order valence-electron chi connectivity index (χ0n) is 7.84. The zero-order chi connectivity index (χ0) is 10.3. The van der Waals surface area contributed by atoms with E-state index in [2.05, 4.69) is 4.74 Å². The lowest BCUT2D eigenvalue weighted by atomic mass is 9.83. The maximum absolute atomic E-state index is 11.2. The van der Waals surface area contributed by atoms with Crippen LogP contribution in [-0.2, 0) is 9.53 Å². The summed E-state index contributed by atoms with van der Waals surface area (Å²) in [5, 5.41) is 9.32. The Hall–Kier alpha value is -1.08. The summed E-state index contributed by atoms with van der Waals surface area (Å²) in [4.78, 5) is 25.4. The molecule has 76 valence electrons. The normalized spacial score (nSPS) is 27.6. The maximum Gasteiger partial charge on any atom is 0.418 e. The zero-order valence-corrected chi connectivity index (χ0v) is 7.84. The van der Waals surface area contributed by atoms with Crippen molar-refractivity contribution in [3.63, 3.8) is 0 Å². The molecule has 2 saturated heterocycles. The molecular formula is C7H11BN2O4. The van der Waals surface area contributed by atoms with E-state index in [1.807, 2.05) is 0 Å². The predicted molar refractivity (Wildman–Crippen MR) is 47.4 cm³/mol. The highest BCUT2D eigenvalue weighted by atomic mass is 16.6. The van der Waals surface area contributed by atoms with Crippen LogP contribution in [0.2, 0.25) is 6.82 Å². The Bertz CT molecular complexity index is 283. The summed E-state index contributed by atoms with van der Waals surface area (Å²) >= 11 is 0. The molecule has 0 saturated carbocycles. The summed E-state index contributed by atoms with van der Waals surface area (Å²) in [6.45, 7) is 2.98. The average molecular weight is 198 g/mol. The molecule has 0 aromatic rings. The molecule has 1 N–H and O–H groups in total. The second-order valence-corrected chi connectivity index (χ2v) is 3.52. The number of ether oxygens (including phenoxy) is 1. The first-order valence-electron chi connectivity index (χ1n) is 4.54. The average Bonchev–Trinajstić information content (AvgIpc) is 2.42. The van der Waals surface area contributed by atoms with Crippen molar-refractivity contribution in [1.82, 2.24) is 9.71 Å². The topological polar surface area (TPSA) is 70.1 Å². The Kier molecular flexibility index (Phi) is 2.20. The van der Waals surface area contributed by atoms with Gasteiger partial charge in [0, 0.05) is 19.6 Å². The van der Waals surface area contributed by atoms with Gasteiger partial charge in [-0.2, -0.15) is 0 Å². The van der Waals surface area contributed by atoms with Gasteiger partial charge in [-0.3, -0.25) is 4.90 Å². The van der Waals surface area contributed by atoms with Gasteiger partial charge >= 0.3 is 19.1 Å². The number of hydrogen-bond donors (Lipinski definition) is 1. The predicted octanol–water partition coefficient (Wildman–Crippen LogP) is -1.24. The van der Waals surface area contributed by atoms with E-state index in [1.54, 1.807) is 11.6 Å². The summed E-state index contributed by atoms with van der Waals surface area (Å²) in [6, 6.07) is -0.536. The fourth-order valence-electron chi connectivity index (χ4n) is 1.78. The minimum absolute atomic E-state index is 0.349. The van der Waals surface area contributed by atoms with Crippen LogP contribution < -0.4 is 0 Å². The fraction of sp³-hybridized carbons (Fsp3) is 0.714. The molecule has 1 amide bonds. The molecule has 6 nitrogen and oxygen atoms in total. The van der Waals surface area contributed by atoms with Gasteiger partial charge in [-0.25, -0.2) is 9.59 Å². The van der Waals surface area contributed by atoms with Crippen LogP contribution in [-0.4, -0.2) is 59.5 Å². The van der Waals surface area contributed by atoms with Crippen molar-refractivity contribution in [3.8, 4) is 0 Å². The van der Waals surface area contributed by atoms with Crippen molar-refractivity contribution in [2.75, 3.05) is 19.6 Å². The number of nitrogens with zero attached hydrogens (tertiary/aromatic N) is 2. The third-order valence-corrected chi connectivity index (χ3v) is 2.63. The molecule has 7 heteroatoms. The molecular weight excluding hydrogens is 187 g/mol. The van der Waals surface area contributed by atoms with E-state index in [0.717, 1.165) is 0 Å². The molecule has 0 aromatic heterocycles. The largest absolute Gasteiger partial charge is 0.437 e. The molecule has 0 bridgehead atoms. The Morgan fingerprint density at radius 1 is 1.50 bits per heavy atom. The van der Waals surface area contributed by atoms with Crippen molar-refractivity contribution in [2.45, 2.75) is 12.9 Å². The Balaban J connectivity index is 2.09. The van der Waals surface area contributed by atoms with Crippen molar-refractivity contribution in [2.24, 2.45) is 0 Å². The molecule has 2 heterocycles. The summed E-state index contributed by atoms with van der Waals surface area (Å²) in [7, 11) is -0.597. The van der Waals surface area contributed by atoms with Gasteiger partial charge in [0.05, 0.1) is 0 Å². The van der Waals surface area contributed by atoms with E-state index in [4.69, 9.17) is 0 Å². The van der Waals surface area contributed by atoms with Gasteiger partial charge in [-0.1, -0.05) is 0 Å². The van der Waals surface area contributed by atoms with Crippen LogP contribution in [0.1, 0.15) is 0 Å². The second kappa shape index (κ2) is 3.25. The Morgan fingerprint density at radius 3 is 2.86 bits per heavy atom. The van der Waals surface area contributed by atoms with Crippen LogP contribution in [0.3, 0.4) is 0 Å². The molecule has 1 unspecified atom stereocenters. The molecule has 0 aromatic carbocycles. The number of hydrogen-bond acceptors (Lipinski definition) is 5. The van der Waals surface area contributed by atoms with Gasteiger partial charge in [0.2, 0.25) is 0 Å². The Labute approximate surface area is 81.5 Å². The number of cyclic esters (lactones) is 2. The maximum atomic E-state index is 11.2. The summed E-state index contributed by atoms with van der Waals surface area (Å²) in [5.41, 5.74) is 0. The summed E-state index contributed by atoms with van der Waals surface area (Å²) in [6.07, 6.45) is -0.565. The van der Waals surface area contributed by atoms with Crippen LogP contribution in [0, 0.1) is 0 Å². The molecule has 0 radical (unpaired) electrons. The number of amides is 1. The summed E-state index contributed by atoms with van der Waals surface area (Å²) in [5.74, 6) is -0.514. The highest BCUT2D eigenvalue weighted by Gasteiger charge is 2.45. The van der Waals surface area contributed by atoms with Crippen LogP contribution in [0.15, 0.2) is 0 Å². The molecule has 2 aliphatic rings. The summed E-state index contributed by atoms with van der Waals surface area (Å²) < 4.78 is 4.48. The monoisotopic (exact) mass is 198 g/mol. The number of rotatable bonds is 1. The standard InChI is InChI=1S/C7H11BN2O4/c1-8(13)9-2-3-10-5(4-9)6(11)14-7(10)12/h5,13H,2-4H2,1H3. The number of esters is 1. The van der Waals surface area contributed by atoms with E-state index in [1.165, 1.54) is 4.90 Å². The molecule has 0 spiro atoms. The first kappa shape index (κ1) is 9.48. The molecule has 2 aliphatic heterocycles. The molecule has 1 atom stereocenters. The third-order valence-electron chi connectivity index (χ3n) is 2.63. The second-order valence-electron chi connectivity index (χ2n) is 3.52. The van der Waals surface area contributed by atoms with Gasteiger partial charge < -0.3 is 14.6 Å². The molecule has 14 heavy (non-hydrogen) atoms. The van der Waals surface area contributed by atoms with E-state index in [9.17, 15) is 14.6 Å². The SMILES string of the molecule is CB(O)N1CCN2C(=O)OC(=O)C2C1. The molecule has 2 fully saturated rings. The highest BCUT2D eigenvalue weighted by Crippen LogP contribution is 2.19. The van der Waals surface area contributed by atoms with Gasteiger partial charge in [-0.15, -0.1) is 0 Å².